The molecule has 17 heavy (non-hydrogen) atoms. The van der Waals surface area contributed by atoms with Gasteiger partial charge in [-0.3, -0.25) is 0 Å². The lowest BCUT2D eigenvalue weighted by atomic mass is 10.1. The lowest BCUT2D eigenvalue weighted by molar-refractivity contribution is 0.424. The molecule has 0 aliphatic heterocycles. The van der Waals surface area contributed by atoms with E-state index in [1.54, 1.807) is 17.2 Å². The zero-order chi connectivity index (χ0) is 12.3. The van der Waals surface area contributed by atoms with Crippen LogP contribution in [0.1, 0.15) is 26.3 Å². The normalized spacial score (nSPS) is 11.7. The Morgan fingerprint density at radius 1 is 1.35 bits per heavy atom. The summed E-state index contributed by atoms with van der Waals surface area (Å²) in [6.07, 6.45) is 4.93. The van der Waals surface area contributed by atoms with Gasteiger partial charge in [-0.25, -0.2) is 14.6 Å². The number of rotatable bonds is 3. The van der Waals surface area contributed by atoms with Gasteiger partial charge in [-0.1, -0.05) is 0 Å². The number of aromatic nitrogens is 4. The maximum atomic E-state index is 4.26. The zero-order valence-corrected chi connectivity index (χ0v) is 10.4. The summed E-state index contributed by atoms with van der Waals surface area (Å²) in [6, 6.07) is 4.01. The van der Waals surface area contributed by atoms with Gasteiger partial charge < -0.3 is 5.32 Å². The van der Waals surface area contributed by atoms with E-state index in [0.717, 1.165) is 12.4 Å². The molecule has 0 amide bonds. The van der Waals surface area contributed by atoms with Crippen LogP contribution in [0.2, 0.25) is 0 Å². The van der Waals surface area contributed by atoms with Crippen molar-refractivity contribution < 1.29 is 0 Å². The van der Waals surface area contributed by atoms with Crippen LogP contribution in [0.25, 0.3) is 5.82 Å². The Labute approximate surface area is 101 Å². The number of nitrogens with one attached hydrogen (secondary N) is 1. The van der Waals surface area contributed by atoms with Gasteiger partial charge >= 0.3 is 0 Å². The summed E-state index contributed by atoms with van der Waals surface area (Å²) in [5, 5.41) is 7.50. The van der Waals surface area contributed by atoms with Crippen molar-refractivity contribution in [3.63, 3.8) is 0 Å². The third kappa shape index (κ3) is 3.35. The molecule has 0 atom stereocenters. The van der Waals surface area contributed by atoms with Crippen LogP contribution in [0.15, 0.2) is 31.0 Å². The molecule has 0 aromatic carbocycles. The second kappa shape index (κ2) is 4.63. The summed E-state index contributed by atoms with van der Waals surface area (Å²) in [5.74, 6) is 0.788. The fourth-order valence-corrected chi connectivity index (χ4v) is 1.39. The van der Waals surface area contributed by atoms with Crippen molar-refractivity contribution in [2.45, 2.75) is 32.9 Å². The van der Waals surface area contributed by atoms with Crippen molar-refractivity contribution in [2.24, 2.45) is 0 Å². The van der Waals surface area contributed by atoms with E-state index in [2.05, 4.69) is 41.2 Å². The summed E-state index contributed by atoms with van der Waals surface area (Å²) in [6.45, 7) is 7.25. The number of nitrogens with zero attached hydrogens (tertiary/aromatic N) is 4. The molecule has 1 N–H and O–H groups in total. The van der Waals surface area contributed by atoms with Crippen LogP contribution in [0.5, 0.6) is 0 Å². The van der Waals surface area contributed by atoms with E-state index in [0.29, 0.717) is 0 Å². The van der Waals surface area contributed by atoms with Crippen molar-refractivity contribution >= 4 is 0 Å². The van der Waals surface area contributed by atoms with Crippen molar-refractivity contribution in [3.05, 3.63) is 36.5 Å². The van der Waals surface area contributed by atoms with E-state index in [-0.39, 0.29) is 5.54 Å². The molecule has 0 saturated carbocycles. The van der Waals surface area contributed by atoms with Gasteiger partial charge in [0.1, 0.15) is 12.7 Å². The monoisotopic (exact) mass is 231 g/mol. The van der Waals surface area contributed by atoms with Gasteiger partial charge in [0, 0.05) is 18.3 Å². The number of hydrogen-bond acceptors (Lipinski definition) is 4. The molecule has 0 bridgehead atoms. The average molecular weight is 231 g/mol. The molecule has 0 aliphatic carbocycles. The van der Waals surface area contributed by atoms with Crippen LogP contribution >= 0.6 is 0 Å². The molecule has 5 nitrogen and oxygen atoms in total. The summed E-state index contributed by atoms with van der Waals surface area (Å²) in [4.78, 5) is 8.17. The van der Waals surface area contributed by atoms with Gasteiger partial charge in [0.15, 0.2) is 5.82 Å². The van der Waals surface area contributed by atoms with Crippen LogP contribution in [0.4, 0.5) is 0 Å². The standard InChI is InChI=1S/C12H17N5/c1-12(2,3)15-7-10-4-5-14-11(6-10)17-9-13-8-16-17/h4-6,8-9,15H,7H2,1-3H3. The first-order valence-corrected chi connectivity index (χ1v) is 5.59. The van der Waals surface area contributed by atoms with Crippen LogP contribution in [0, 0.1) is 0 Å². The number of pyridine rings is 1. The second-order valence-electron chi connectivity index (χ2n) is 4.97. The smallest absolute Gasteiger partial charge is 0.155 e. The molecular formula is C12H17N5. The Bertz CT molecular complexity index is 470. The molecule has 5 heteroatoms. The Morgan fingerprint density at radius 2 is 2.18 bits per heavy atom. The Balaban J connectivity index is 2.12. The first-order chi connectivity index (χ1) is 8.04. The Hall–Kier alpha value is -1.75. The van der Waals surface area contributed by atoms with Crippen molar-refractivity contribution in [1.29, 1.82) is 0 Å². The van der Waals surface area contributed by atoms with Crippen LogP contribution in [-0.2, 0) is 6.54 Å². The summed E-state index contributed by atoms with van der Waals surface area (Å²) in [5.41, 5.74) is 1.29. The third-order valence-corrected chi connectivity index (χ3v) is 2.29. The molecule has 0 aliphatic rings. The van der Waals surface area contributed by atoms with Crippen molar-refractivity contribution in [3.8, 4) is 5.82 Å². The molecule has 0 unspecified atom stereocenters. The largest absolute Gasteiger partial charge is 0.308 e. The second-order valence-corrected chi connectivity index (χ2v) is 4.97. The lowest BCUT2D eigenvalue weighted by Gasteiger charge is -2.20. The summed E-state index contributed by atoms with van der Waals surface area (Å²) < 4.78 is 1.65. The molecule has 90 valence electrons. The highest BCUT2D eigenvalue weighted by Crippen LogP contribution is 2.07. The predicted octanol–water partition coefficient (Wildman–Crippen LogP) is 1.55. The number of hydrogen-bond donors (Lipinski definition) is 1. The fourth-order valence-electron chi connectivity index (χ4n) is 1.39. The van der Waals surface area contributed by atoms with E-state index < -0.39 is 0 Å². The van der Waals surface area contributed by atoms with Gasteiger partial charge in [0.25, 0.3) is 0 Å². The maximum Gasteiger partial charge on any atom is 0.155 e. The molecule has 2 heterocycles. The first-order valence-electron chi connectivity index (χ1n) is 5.59. The average Bonchev–Trinajstić information content (AvgIpc) is 2.79. The fraction of sp³-hybridized carbons (Fsp3) is 0.417. The van der Waals surface area contributed by atoms with Crippen molar-refractivity contribution in [1.82, 2.24) is 25.1 Å². The minimum absolute atomic E-state index is 0.108. The van der Waals surface area contributed by atoms with E-state index in [1.807, 2.05) is 12.1 Å². The van der Waals surface area contributed by atoms with Crippen LogP contribution in [-0.4, -0.2) is 25.3 Å². The Kier molecular flexibility index (Phi) is 3.19. The molecule has 0 radical (unpaired) electrons. The predicted molar refractivity (Wildman–Crippen MR) is 65.7 cm³/mol. The highest BCUT2D eigenvalue weighted by molar-refractivity contribution is 5.26. The van der Waals surface area contributed by atoms with E-state index in [1.165, 1.54) is 11.9 Å². The molecule has 2 aromatic rings. The minimum Gasteiger partial charge on any atom is -0.308 e. The van der Waals surface area contributed by atoms with Gasteiger partial charge in [-0.05, 0) is 38.5 Å². The van der Waals surface area contributed by atoms with E-state index in [9.17, 15) is 0 Å². The Morgan fingerprint density at radius 3 is 2.82 bits per heavy atom. The maximum absolute atomic E-state index is 4.26. The molecule has 0 spiro atoms. The summed E-state index contributed by atoms with van der Waals surface area (Å²) in [7, 11) is 0. The molecule has 0 saturated heterocycles. The third-order valence-electron chi connectivity index (χ3n) is 2.29. The SMILES string of the molecule is CC(C)(C)NCc1ccnc(-n2cncn2)c1. The van der Waals surface area contributed by atoms with Gasteiger partial charge in [0.2, 0.25) is 0 Å². The lowest BCUT2D eigenvalue weighted by Crippen LogP contribution is -2.35. The van der Waals surface area contributed by atoms with Gasteiger partial charge in [-0.2, -0.15) is 5.10 Å². The van der Waals surface area contributed by atoms with Crippen LogP contribution in [0.3, 0.4) is 0 Å². The molecule has 0 fully saturated rings. The molecule has 2 aromatic heterocycles. The summed E-state index contributed by atoms with van der Waals surface area (Å²) >= 11 is 0. The highest BCUT2D eigenvalue weighted by Gasteiger charge is 2.08. The molecule has 2 rings (SSSR count). The zero-order valence-electron chi connectivity index (χ0n) is 10.4. The molecular weight excluding hydrogens is 214 g/mol. The van der Waals surface area contributed by atoms with Gasteiger partial charge in [0.05, 0.1) is 0 Å². The first kappa shape index (κ1) is 11.7. The van der Waals surface area contributed by atoms with Gasteiger partial charge in [-0.15, -0.1) is 0 Å². The van der Waals surface area contributed by atoms with E-state index >= 15 is 0 Å². The van der Waals surface area contributed by atoms with Crippen molar-refractivity contribution in [2.75, 3.05) is 0 Å². The van der Waals surface area contributed by atoms with Crippen LogP contribution < -0.4 is 5.32 Å². The minimum atomic E-state index is 0.108. The highest BCUT2D eigenvalue weighted by atomic mass is 15.3. The quantitative estimate of drug-likeness (QED) is 0.870. The van der Waals surface area contributed by atoms with E-state index in [4.69, 9.17) is 0 Å². The topological polar surface area (TPSA) is 55.6 Å².